The summed E-state index contributed by atoms with van der Waals surface area (Å²) in [7, 11) is 0. The lowest BCUT2D eigenvalue weighted by Gasteiger charge is -2.29. The first-order valence-electron chi connectivity index (χ1n) is 6.91. The van der Waals surface area contributed by atoms with Gasteiger partial charge in [-0.15, -0.1) is 0 Å². The van der Waals surface area contributed by atoms with Crippen LogP contribution in [0.25, 0.3) is 0 Å². The van der Waals surface area contributed by atoms with E-state index in [1.807, 2.05) is 5.43 Å². The Morgan fingerprint density at radius 1 is 1.12 bits per heavy atom. The van der Waals surface area contributed by atoms with Crippen LogP contribution in [0.2, 0.25) is 5.02 Å². The van der Waals surface area contributed by atoms with Gasteiger partial charge in [-0.25, -0.2) is 0 Å². The molecule has 0 aromatic heterocycles. The van der Waals surface area contributed by atoms with Crippen LogP contribution in [0.5, 0.6) is 0 Å². The molecule has 2 rings (SSSR count). The minimum absolute atomic E-state index is 0.213. The van der Waals surface area contributed by atoms with E-state index in [9.17, 15) is 27.6 Å². The number of carbonyl (C=O) groups excluding carboxylic acids is 3. The summed E-state index contributed by atoms with van der Waals surface area (Å²) in [5, 5.41) is 2.19. The van der Waals surface area contributed by atoms with Gasteiger partial charge in [0.05, 0.1) is 0 Å². The summed E-state index contributed by atoms with van der Waals surface area (Å²) in [4.78, 5) is 35.3. The molecule has 0 aliphatic carbocycles. The van der Waals surface area contributed by atoms with E-state index in [-0.39, 0.29) is 12.0 Å². The molecule has 6 nitrogen and oxygen atoms in total. The van der Waals surface area contributed by atoms with E-state index in [1.165, 1.54) is 24.3 Å². The van der Waals surface area contributed by atoms with Crippen LogP contribution in [0.15, 0.2) is 24.3 Å². The number of piperidine rings is 1. The molecule has 2 atom stereocenters. The van der Waals surface area contributed by atoms with Crippen molar-refractivity contribution in [2.45, 2.75) is 25.1 Å². The molecule has 10 heteroatoms. The van der Waals surface area contributed by atoms with Crippen LogP contribution in [0, 0.1) is 5.92 Å². The highest BCUT2D eigenvalue weighted by atomic mass is 35.5. The van der Waals surface area contributed by atoms with Crippen molar-refractivity contribution in [3.63, 3.8) is 0 Å². The molecule has 0 unspecified atom stereocenters. The highest BCUT2D eigenvalue weighted by Crippen LogP contribution is 2.28. The molecule has 130 valence electrons. The maximum atomic E-state index is 12.5. The van der Waals surface area contributed by atoms with Gasteiger partial charge in [0.15, 0.2) is 0 Å². The second-order valence-electron chi connectivity index (χ2n) is 5.18. The van der Waals surface area contributed by atoms with Crippen molar-refractivity contribution in [3.8, 4) is 0 Å². The zero-order valence-corrected chi connectivity index (χ0v) is 12.9. The van der Waals surface area contributed by atoms with Gasteiger partial charge >= 0.3 is 6.18 Å². The summed E-state index contributed by atoms with van der Waals surface area (Å²) in [5.41, 5.74) is 4.34. The quantitative estimate of drug-likeness (QED) is 0.550. The fourth-order valence-electron chi connectivity index (χ4n) is 2.18. The average molecular weight is 364 g/mol. The highest BCUT2D eigenvalue weighted by Gasteiger charge is 2.45. The van der Waals surface area contributed by atoms with Gasteiger partial charge < -0.3 is 5.32 Å². The Bertz CT molecular complexity index is 649. The Labute approximate surface area is 139 Å². The molecule has 1 saturated heterocycles. The van der Waals surface area contributed by atoms with E-state index < -0.39 is 42.3 Å². The van der Waals surface area contributed by atoms with E-state index in [0.29, 0.717) is 5.02 Å². The zero-order valence-electron chi connectivity index (χ0n) is 12.1. The van der Waals surface area contributed by atoms with Crippen LogP contribution in [0.1, 0.15) is 23.2 Å². The van der Waals surface area contributed by atoms with Crippen LogP contribution in [0.4, 0.5) is 13.2 Å². The molecule has 1 aliphatic heterocycles. The monoisotopic (exact) mass is 363 g/mol. The largest absolute Gasteiger partial charge is 0.408 e. The molecule has 0 bridgehead atoms. The Morgan fingerprint density at radius 2 is 1.75 bits per heavy atom. The molecule has 1 aromatic rings. The van der Waals surface area contributed by atoms with E-state index in [2.05, 4.69) is 5.43 Å². The van der Waals surface area contributed by atoms with Crippen LogP contribution in [0.3, 0.4) is 0 Å². The second kappa shape index (κ2) is 7.08. The summed E-state index contributed by atoms with van der Waals surface area (Å²) >= 11 is 5.68. The van der Waals surface area contributed by atoms with Gasteiger partial charge in [0.25, 0.3) is 11.8 Å². The smallest absolute Gasteiger partial charge is 0.344 e. The van der Waals surface area contributed by atoms with E-state index >= 15 is 0 Å². The number of alkyl halides is 3. The molecule has 0 spiro atoms. The molecular weight excluding hydrogens is 351 g/mol. The van der Waals surface area contributed by atoms with Gasteiger partial charge in [-0.3, -0.25) is 25.2 Å². The normalized spacial score (nSPS) is 20.9. The summed E-state index contributed by atoms with van der Waals surface area (Å²) in [6, 6.07) is 3.84. The SMILES string of the molecule is O=C(NNC(=O)[C@H]1CC[C@@H](C(F)(F)F)NC1=O)c1ccc(Cl)cc1. The van der Waals surface area contributed by atoms with Gasteiger partial charge in [-0.1, -0.05) is 11.6 Å². The fourth-order valence-corrected chi connectivity index (χ4v) is 2.31. The minimum Gasteiger partial charge on any atom is -0.344 e. The van der Waals surface area contributed by atoms with Crippen molar-refractivity contribution in [3.05, 3.63) is 34.9 Å². The van der Waals surface area contributed by atoms with Crippen molar-refractivity contribution < 1.29 is 27.6 Å². The van der Waals surface area contributed by atoms with Crippen LogP contribution >= 0.6 is 11.6 Å². The minimum atomic E-state index is -4.56. The number of benzene rings is 1. The third-order valence-electron chi connectivity index (χ3n) is 3.49. The van der Waals surface area contributed by atoms with Crippen molar-refractivity contribution in [1.82, 2.24) is 16.2 Å². The average Bonchev–Trinajstić information content (AvgIpc) is 2.52. The zero-order chi connectivity index (χ0) is 17.9. The molecular formula is C14H13ClF3N3O3. The van der Waals surface area contributed by atoms with Gasteiger partial charge in [0.2, 0.25) is 5.91 Å². The summed E-state index contributed by atoms with van der Waals surface area (Å²) < 4.78 is 37.6. The van der Waals surface area contributed by atoms with Crippen LogP contribution in [-0.2, 0) is 9.59 Å². The number of hydrazine groups is 1. The number of hydrogen-bond acceptors (Lipinski definition) is 3. The molecule has 0 saturated carbocycles. The van der Waals surface area contributed by atoms with Gasteiger partial charge in [0, 0.05) is 10.6 Å². The summed E-state index contributed by atoms with van der Waals surface area (Å²) in [6.45, 7) is 0. The van der Waals surface area contributed by atoms with Gasteiger partial charge in [-0.2, -0.15) is 13.2 Å². The van der Waals surface area contributed by atoms with Crippen molar-refractivity contribution >= 4 is 29.3 Å². The number of rotatable bonds is 2. The number of hydrogen-bond donors (Lipinski definition) is 3. The first-order valence-corrected chi connectivity index (χ1v) is 7.29. The third-order valence-corrected chi connectivity index (χ3v) is 3.75. The first-order chi connectivity index (χ1) is 11.2. The molecule has 3 amide bonds. The molecule has 1 fully saturated rings. The van der Waals surface area contributed by atoms with Crippen molar-refractivity contribution in [2.75, 3.05) is 0 Å². The summed E-state index contributed by atoms with van der Waals surface area (Å²) in [6.07, 6.45) is -5.23. The Kier molecular flexibility index (Phi) is 5.33. The van der Waals surface area contributed by atoms with Gasteiger partial charge in [-0.05, 0) is 37.1 Å². The maximum Gasteiger partial charge on any atom is 0.408 e. The number of carbonyl (C=O) groups is 3. The van der Waals surface area contributed by atoms with Gasteiger partial charge in [0.1, 0.15) is 12.0 Å². The van der Waals surface area contributed by atoms with E-state index in [0.717, 1.165) is 0 Å². The Balaban J connectivity index is 1.88. The number of halogens is 4. The number of nitrogens with one attached hydrogen (secondary N) is 3. The molecule has 1 aliphatic rings. The maximum absolute atomic E-state index is 12.5. The van der Waals surface area contributed by atoms with E-state index in [1.54, 1.807) is 5.32 Å². The van der Waals surface area contributed by atoms with Crippen molar-refractivity contribution in [1.29, 1.82) is 0 Å². The first kappa shape index (κ1) is 18.1. The van der Waals surface area contributed by atoms with Crippen LogP contribution in [-0.4, -0.2) is 29.9 Å². The molecule has 3 N–H and O–H groups in total. The molecule has 1 heterocycles. The summed E-state index contributed by atoms with van der Waals surface area (Å²) in [5.74, 6) is -3.85. The lowest BCUT2D eigenvalue weighted by atomic mass is 9.93. The lowest BCUT2D eigenvalue weighted by molar-refractivity contribution is -0.171. The fraction of sp³-hybridized carbons (Fsp3) is 0.357. The Hall–Kier alpha value is -2.29. The Morgan fingerprint density at radius 3 is 2.29 bits per heavy atom. The number of amides is 3. The van der Waals surface area contributed by atoms with Crippen molar-refractivity contribution in [2.24, 2.45) is 5.92 Å². The second-order valence-corrected chi connectivity index (χ2v) is 5.62. The van der Waals surface area contributed by atoms with E-state index in [4.69, 9.17) is 11.6 Å². The third kappa shape index (κ3) is 4.38. The lowest BCUT2D eigenvalue weighted by Crippen LogP contribution is -2.56. The van der Waals surface area contributed by atoms with Crippen LogP contribution < -0.4 is 16.2 Å². The highest BCUT2D eigenvalue weighted by molar-refractivity contribution is 6.30. The topological polar surface area (TPSA) is 87.3 Å². The predicted octanol–water partition coefficient (Wildman–Crippen LogP) is 1.56. The molecule has 1 aromatic carbocycles. The predicted molar refractivity (Wildman–Crippen MR) is 77.8 cm³/mol. The molecule has 24 heavy (non-hydrogen) atoms. The molecule has 0 radical (unpaired) electrons. The standard InChI is InChI=1S/C14H13ClF3N3O3/c15-8-3-1-7(2-4-8)11(22)20-21-13(24)9-5-6-10(14(16,17)18)19-12(9)23/h1-4,9-10H,5-6H2,(H,19,23)(H,20,22)(H,21,24)/t9-,10-/m0/s1.